The summed E-state index contributed by atoms with van der Waals surface area (Å²) in [6, 6.07) is 9.58. The average molecular weight is 577 g/mol. The molecule has 0 aliphatic carbocycles. The molecular weight excluding hydrogens is 546 g/mol. The van der Waals surface area contributed by atoms with Gasteiger partial charge in [-0.3, -0.25) is 9.74 Å². The number of rotatable bonds is 10. The Kier molecular flexibility index (Phi) is 10.5. The van der Waals surface area contributed by atoms with Crippen LogP contribution in [0.4, 0.5) is 29.1 Å². The maximum absolute atomic E-state index is 14.6. The van der Waals surface area contributed by atoms with E-state index >= 15 is 0 Å². The lowest BCUT2D eigenvalue weighted by Crippen LogP contribution is -2.32. The minimum atomic E-state index is -0.916. The number of ether oxygens (including phenoxy) is 2. The van der Waals surface area contributed by atoms with Gasteiger partial charge >= 0.3 is 18.1 Å². The van der Waals surface area contributed by atoms with Crippen molar-refractivity contribution in [1.29, 1.82) is 0 Å². The van der Waals surface area contributed by atoms with Crippen LogP contribution in [0.25, 0.3) is 10.4 Å². The van der Waals surface area contributed by atoms with Crippen LogP contribution in [0, 0.1) is 11.6 Å². The Balaban J connectivity index is 2.21. The lowest BCUT2D eigenvalue weighted by molar-refractivity contribution is 0.0526. The SMILES string of the molecule is CCOC(=O)c1c(N(Cc2c(F)cccc2F)C(=O)OC)sc(-c2ccc(NC(=O)NOC)cc2)c1CN(C)C. The maximum Gasteiger partial charge on any atom is 0.414 e. The molecule has 0 fully saturated rings. The van der Waals surface area contributed by atoms with E-state index in [1.807, 2.05) is 19.0 Å². The predicted molar refractivity (Wildman–Crippen MR) is 147 cm³/mol. The van der Waals surface area contributed by atoms with Crippen LogP contribution in [-0.2, 0) is 27.4 Å². The van der Waals surface area contributed by atoms with E-state index in [2.05, 4.69) is 15.6 Å². The molecule has 0 unspecified atom stereocenters. The molecule has 0 saturated heterocycles. The molecule has 0 aliphatic heterocycles. The van der Waals surface area contributed by atoms with Gasteiger partial charge in [0.1, 0.15) is 16.6 Å². The van der Waals surface area contributed by atoms with Gasteiger partial charge in [0.2, 0.25) is 0 Å². The second kappa shape index (κ2) is 13.8. The van der Waals surface area contributed by atoms with Gasteiger partial charge in [-0.15, -0.1) is 11.3 Å². The first kappa shape index (κ1) is 30.5. The first-order valence-corrected chi connectivity index (χ1v) is 12.9. The number of nitrogens with one attached hydrogen (secondary N) is 2. The molecule has 2 N–H and O–H groups in total. The summed E-state index contributed by atoms with van der Waals surface area (Å²) in [5, 5.41) is 2.72. The van der Waals surface area contributed by atoms with Gasteiger partial charge in [-0.1, -0.05) is 18.2 Å². The predicted octanol–water partition coefficient (Wildman–Crippen LogP) is 5.39. The number of halogens is 2. The lowest BCUT2D eigenvalue weighted by Gasteiger charge is -2.22. The zero-order valence-corrected chi connectivity index (χ0v) is 23.5. The van der Waals surface area contributed by atoms with Crippen molar-refractivity contribution >= 4 is 40.1 Å². The summed E-state index contributed by atoms with van der Waals surface area (Å²) in [6.45, 7) is 1.46. The molecule has 0 saturated carbocycles. The van der Waals surface area contributed by atoms with Crippen molar-refractivity contribution < 1.29 is 37.5 Å². The number of amides is 3. The van der Waals surface area contributed by atoms with Crippen LogP contribution in [0.15, 0.2) is 42.5 Å². The number of urea groups is 1. The highest BCUT2D eigenvalue weighted by atomic mass is 32.1. The van der Waals surface area contributed by atoms with Crippen molar-refractivity contribution in [2.45, 2.75) is 20.0 Å². The summed E-state index contributed by atoms with van der Waals surface area (Å²) < 4.78 is 39.5. The molecule has 40 heavy (non-hydrogen) atoms. The van der Waals surface area contributed by atoms with Crippen LogP contribution in [0.2, 0.25) is 0 Å². The number of hydrogen-bond acceptors (Lipinski definition) is 8. The fourth-order valence-electron chi connectivity index (χ4n) is 3.88. The van der Waals surface area contributed by atoms with Gasteiger partial charge in [-0.05, 0) is 50.8 Å². The summed E-state index contributed by atoms with van der Waals surface area (Å²) in [6.07, 6.45) is -0.916. The molecule has 0 radical (unpaired) electrons. The zero-order valence-electron chi connectivity index (χ0n) is 22.7. The largest absolute Gasteiger partial charge is 0.462 e. The van der Waals surface area contributed by atoms with E-state index in [0.717, 1.165) is 35.5 Å². The summed E-state index contributed by atoms with van der Waals surface area (Å²) in [7, 11) is 6.06. The van der Waals surface area contributed by atoms with E-state index in [1.54, 1.807) is 31.2 Å². The Labute approximate surface area is 234 Å². The van der Waals surface area contributed by atoms with Crippen molar-refractivity contribution in [2.24, 2.45) is 0 Å². The molecular formula is C27H30F2N4O6S. The van der Waals surface area contributed by atoms with E-state index in [9.17, 15) is 23.2 Å². The topological polar surface area (TPSA) is 109 Å². The molecule has 2 aromatic carbocycles. The van der Waals surface area contributed by atoms with Crippen molar-refractivity contribution in [3.8, 4) is 10.4 Å². The summed E-state index contributed by atoms with van der Waals surface area (Å²) >= 11 is 1.08. The number of hydroxylamine groups is 1. The molecule has 0 aliphatic rings. The Morgan fingerprint density at radius 2 is 1.60 bits per heavy atom. The van der Waals surface area contributed by atoms with Crippen LogP contribution in [0.5, 0.6) is 0 Å². The summed E-state index contributed by atoms with van der Waals surface area (Å²) in [5.41, 5.74) is 3.56. The minimum absolute atomic E-state index is 0.0644. The monoisotopic (exact) mass is 576 g/mol. The molecule has 1 heterocycles. The second-order valence-corrected chi connectivity index (χ2v) is 9.64. The Bertz CT molecular complexity index is 1340. The van der Waals surface area contributed by atoms with E-state index < -0.39 is 36.3 Å². The highest BCUT2D eigenvalue weighted by Gasteiger charge is 2.33. The molecule has 3 rings (SSSR count). The van der Waals surface area contributed by atoms with Gasteiger partial charge in [-0.2, -0.15) is 0 Å². The molecule has 13 heteroatoms. The highest BCUT2D eigenvalue weighted by molar-refractivity contribution is 7.20. The normalized spacial score (nSPS) is 10.8. The number of carbonyl (C=O) groups is 3. The number of methoxy groups -OCH3 is 1. The third-order valence-corrected chi connectivity index (χ3v) is 6.86. The third-order valence-electron chi connectivity index (χ3n) is 5.56. The van der Waals surface area contributed by atoms with E-state index in [1.165, 1.54) is 13.2 Å². The molecule has 214 valence electrons. The number of hydrogen-bond donors (Lipinski definition) is 2. The number of esters is 1. The van der Waals surface area contributed by atoms with Gasteiger partial charge < -0.3 is 19.7 Å². The number of carbonyl (C=O) groups excluding carboxylic acids is 3. The van der Waals surface area contributed by atoms with Crippen molar-refractivity contribution in [1.82, 2.24) is 10.4 Å². The minimum Gasteiger partial charge on any atom is -0.462 e. The highest BCUT2D eigenvalue weighted by Crippen LogP contribution is 2.44. The van der Waals surface area contributed by atoms with Gasteiger partial charge in [-0.25, -0.2) is 28.6 Å². The maximum atomic E-state index is 14.6. The fourth-order valence-corrected chi connectivity index (χ4v) is 5.18. The smallest absolute Gasteiger partial charge is 0.414 e. The van der Waals surface area contributed by atoms with Gasteiger partial charge in [0.25, 0.3) is 0 Å². The van der Waals surface area contributed by atoms with Crippen LogP contribution in [0.1, 0.15) is 28.4 Å². The third kappa shape index (κ3) is 7.11. The van der Waals surface area contributed by atoms with Crippen molar-refractivity contribution in [3.63, 3.8) is 0 Å². The molecule has 0 atom stereocenters. The van der Waals surface area contributed by atoms with Crippen molar-refractivity contribution in [2.75, 3.05) is 45.1 Å². The van der Waals surface area contributed by atoms with E-state index in [0.29, 0.717) is 21.7 Å². The molecule has 3 aromatic rings. The fraction of sp³-hybridized carbons (Fsp3) is 0.296. The van der Waals surface area contributed by atoms with E-state index in [4.69, 9.17) is 9.47 Å². The van der Waals surface area contributed by atoms with E-state index in [-0.39, 0.29) is 29.3 Å². The summed E-state index contributed by atoms with van der Waals surface area (Å²) in [4.78, 5) is 46.2. The first-order chi connectivity index (χ1) is 19.1. The van der Waals surface area contributed by atoms with Crippen LogP contribution in [-0.4, -0.2) is 57.9 Å². The van der Waals surface area contributed by atoms with Gasteiger partial charge in [0.15, 0.2) is 0 Å². The number of nitrogens with zero attached hydrogens (tertiary/aromatic N) is 2. The zero-order chi connectivity index (χ0) is 29.4. The molecule has 0 spiro atoms. The molecule has 0 bridgehead atoms. The van der Waals surface area contributed by atoms with Gasteiger partial charge in [0, 0.05) is 28.2 Å². The molecule has 1 aromatic heterocycles. The molecule has 10 nitrogen and oxygen atoms in total. The lowest BCUT2D eigenvalue weighted by atomic mass is 10.0. The number of anilines is 2. The number of thiophene rings is 1. The first-order valence-electron chi connectivity index (χ1n) is 12.1. The molecule has 3 amide bonds. The quantitative estimate of drug-likeness (QED) is 0.246. The van der Waals surface area contributed by atoms with Crippen LogP contribution < -0.4 is 15.7 Å². The second-order valence-electron chi connectivity index (χ2n) is 8.64. The Hall–Kier alpha value is -4.07. The van der Waals surface area contributed by atoms with Crippen molar-refractivity contribution in [3.05, 3.63) is 70.8 Å². The van der Waals surface area contributed by atoms with Crippen LogP contribution in [0.3, 0.4) is 0 Å². The van der Waals surface area contributed by atoms with Gasteiger partial charge in [0.05, 0.1) is 32.9 Å². The Morgan fingerprint density at radius 3 is 2.15 bits per heavy atom. The average Bonchev–Trinajstić information content (AvgIpc) is 3.27. The van der Waals surface area contributed by atoms with Crippen LogP contribution >= 0.6 is 11.3 Å². The standard InChI is InChI=1S/C27H30F2N4O6S/c1-6-39-25(34)22-19(14-32(2)3)23(16-10-12-17(13-11-16)30-26(35)31-38-5)40-24(22)33(27(36)37-4)15-18-20(28)8-7-9-21(18)29/h7-13H,6,14-15H2,1-5H3,(H2,30,31,35). The summed E-state index contributed by atoms with van der Waals surface area (Å²) in [5.74, 6) is -2.40. The number of benzene rings is 2. The Morgan fingerprint density at radius 1 is 0.950 bits per heavy atom.